The quantitative estimate of drug-likeness (QED) is 0.723. The average Bonchev–Trinajstić information content (AvgIpc) is 3.07. The first-order valence-corrected chi connectivity index (χ1v) is 9.03. The Kier molecular flexibility index (Phi) is 4.67. The summed E-state index contributed by atoms with van der Waals surface area (Å²) >= 11 is 0. The monoisotopic (exact) mass is 349 g/mol. The van der Waals surface area contributed by atoms with E-state index in [1.54, 1.807) is 12.5 Å². The number of aromatic nitrogens is 3. The molecule has 2 aromatic heterocycles. The lowest BCUT2D eigenvalue weighted by Gasteiger charge is -2.34. The first-order valence-electron chi connectivity index (χ1n) is 9.03. The summed E-state index contributed by atoms with van der Waals surface area (Å²) in [4.78, 5) is 25.8. The van der Waals surface area contributed by atoms with Crippen LogP contribution in [0, 0.1) is 0 Å². The van der Waals surface area contributed by atoms with Gasteiger partial charge in [-0.1, -0.05) is 30.3 Å². The molecule has 0 atom stereocenters. The van der Waals surface area contributed by atoms with Crippen molar-refractivity contribution in [3.8, 4) is 0 Å². The first kappa shape index (κ1) is 16.7. The molecule has 0 spiro atoms. The predicted octanol–water partition coefficient (Wildman–Crippen LogP) is 1.97. The highest BCUT2D eigenvalue weighted by Gasteiger charge is 2.22. The van der Waals surface area contributed by atoms with Gasteiger partial charge in [0.15, 0.2) is 5.65 Å². The molecule has 0 bridgehead atoms. The summed E-state index contributed by atoms with van der Waals surface area (Å²) in [5, 5.41) is 0. The molecule has 1 fully saturated rings. The lowest BCUT2D eigenvalue weighted by Crippen LogP contribution is -2.49. The number of carbonyl (C=O) groups is 1. The Hall–Kier alpha value is -2.73. The maximum atomic E-state index is 12.8. The molecule has 6 nitrogen and oxygen atoms in total. The number of fused-ring (bicyclic) bond motifs is 1. The van der Waals surface area contributed by atoms with Crippen LogP contribution in [-0.2, 0) is 13.5 Å². The fourth-order valence-corrected chi connectivity index (χ4v) is 3.42. The third-order valence-corrected chi connectivity index (χ3v) is 5.02. The van der Waals surface area contributed by atoms with Crippen molar-refractivity contribution in [3.05, 3.63) is 60.0 Å². The average molecular weight is 349 g/mol. The molecular formula is C20H23N5O. The van der Waals surface area contributed by atoms with Crippen molar-refractivity contribution in [2.24, 2.45) is 7.05 Å². The van der Waals surface area contributed by atoms with E-state index in [4.69, 9.17) is 0 Å². The smallest absolute Gasteiger partial charge is 0.255 e. The summed E-state index contributed by atoms with van der Waals surface area (Å²) in [5.41, 5.74) is 3.54. The van der Waals surface area contributed by atoms with Gasteiger partial charge < -0.3 is 9.47 Å². The van der Waals surface area contributed by atoms with Crippen LogP contribution in [0.15, 0.2) is 48.9 Å². The second kappa shape index (κ2) is 7.25. The number of amides is 1. The van der Waals surface area contributed by atoms with E-state index in [0.717, 1.165) is 50.3 Å². The van der Waals surface area contributed by atoms with E-state index < -0.39 is 0 Å². The van der Waals surface area contributed by atoms with Gasteiger partial charge in [-0.15, -0.1) is 0 Å². The van der Waals surface area contributed by atoms with Crippen LogP contribution in [0.2, 0.25) is 0 Å². The Balaban J connectivity index is 1.34. The molecule has 1 amide bonds. The summed E-state index contributed by atoms with van der Waals surface area (Å²) in [6, 6.07) is 12.4. The minimum absolute atomic E-state index is 0.0489. The Bertz CT molecular complexity index is 897. The first-order chi connectivity index (χ1) is 12.7. The fourth-order valence-electron chi connectivity index (χ4n) is 3.42. The third kappa shape index (κ3) is 3.46. The second-order valence-electron chi connectivity index (χ2n) is 6.79. The van der Waals surface area contributed by atoms with Gasteiger partial charge in [-0.25, -0.2) is 9.97 Å². The summed E-state index contributed by atoms with van der Waals surface area (Å²) in [6.45, 7) is 4.38. The molecule has 0 aliphatic carbocycles. The number of carbonyl (C=O) groups excluding carboxylic acids is 1. The van der Waals surface area contributed by atoms with Crippen molar-refractivity contribution in [3.63, 3.8) is 0 Å². The minimum Gasteiger partial charge on any atom is -0.336 e. The van der Waals surface area contributed by atoms with Crippen LogP contribution in [0.25, 0.3) is 11.2 Å². The zero-order chi connectivity index (χ0) is 17.9. The van der Waals surface area contributed by atoms with Gasteiger partial charge in [0.1, 0.15) is 5.52 Å². The van der Waals surface area contributed by atoms with Crippen LogP contribution in [-0.4, -0.2) is 63.0 Å². The van der Waals surface area contributed by atoms with Crippen molar-refractivity contribution in [1.82, 2.24) is 24.3 Å². The van der Waals surface area contributed by atoms with E-state index in [1.807, 2.05) is 28.6 Å². The Morgan fingerprint density at radius 2 is 1.85 bits per heavy atom. The molecule has 0 N–H and O–H groups in total. The van der Waals surface area contributed by atoms with E-state index in [1.165, 1.54) is 5.56 Å². The number of hydrogen-bond donors (Lipinski definition) is 0. The van der Waals surface area contributed by atoms with Gasteiger partial charge in [-0.3, -0.25) is 9.69 Å². The van der Waals surface area contributed by atoms with Gasteiger partial charge in [-0.2, -0.15) is 0 Å². The molecule has 134 valence electrons. The molecule has 4 rings (SSSR count). The SMILES string of the molecule is Cn1cnc2cc(C(=O)N3CCN(CCc4ccccc4)CC3)cnc21. The number of benzene rings is 1. The van der Waals surface area contributed by atoms with E-state index in [-0.39, 0.29) is 5.91 Å². The van der Waals surface area contributed by atoms with Crippen LogP contribution >= 0.6 is 0 Å². The topological polar surface area (TPSA) is 54.3 Å². The van der Waals surface area contributed by atoms with Crippen LogP contribution in [0.5, 0.6) is 0 Å². The minimum atomic E-state index is 0.0489. The molecule has 26 heavy (non-hydrogen) atoms. The standard InChI is InChI=1S/C20H23N5O/c1-23-15-22-18-13-17(14-21-19(18)23)20(26)25-11-9-24(10-12-25)8-7-16-5-3-2-4-6-16/h2-6,13-15H,7-12H2,1H3. The van der Waals surface area contributed by atoms with Crippen LogP contribution in [0.3, 0.4) is 0 Å². The van der Waals surface area contributed by atoms with Gasteiger partial charge >= 0.3 is 0 Å². The summed E-state index contributed by atoms with van der Waals surface area (Å²) in [7, 11) is 1.90. The number of imidazole rings is 1. The summed E-state index contributed by atoms with van der Waals surface area (Å²) in [5.74, 6) is 0.0489. The van der Waals surface area contributed by atoms with E-state index in [9.17, 15) is 4.79 Å². The molecule has 1 aliphatic heterocycles. The zero-order valence-corrected chi connectivity index (χ0v) is 15.0. The number of aryl methyl sites for hydroxylation is 1. The lowest BCUT2D eigenvalue weighted by atomic mass is 10.1. The van der Waals surface area contributed by atoms with Crippen LogP contribution in [0.4, 0.5) is 0 Å². The highest BCUT2D eigenvalue weighted by Crippen LogP contribution is 2.14. The highest BCUT2D eigenvalue weighted by atomic mass is 16.2. The van der Waals surface area contributed by atoms with Gasteiger partial charge in [0.2, 0.25) is 0 Å². The Morgan fingerprint density at radius 3 is 2.62 bits per heavy atom. The van der Waals surface area contributed by atoms with E-state index in [2.05, 4.69) is 39.1 Å². The molecule has 0 unspecified atom stereocenters. The molecule has 1 aromatic carbocycles. The normalized spacial score (nSPS) is 15.5. The Morgan fingerprint density at radius 1 is 1.08 bits per heavy atom. The van der Waals surface area contributed by atoms with Crippen molar-refractivity contribution < 1.29 is 4.79 Å². The third-order valence-electron chi connectivity index (χ3n) is 5.02. The maximum Gasteiger partial charge on any atom is 0.255 e. The number of nitrogens with zero attached hydrogens (tertiary/aromatic N) is 5. The van der Waals surface area contributed by atoms with Crippen molar-refractivity contribution in [2.45, 2.75) is 6.42 Å². The van der Waals surface area contributed by atoms with Gasteiger partial charge in [0, 0.05) is 46.0 Å². The lowest BCUT2D eigenvalue weighted by molar-refractivity contribution is 0.0638. The Labute approximate surface area is 153 Å². The molecule has 1 saturated heterocycles. The largest absolute Gasteiger partial charge is 0.336 e. The van der Waals surface area contributed by atoms with Gasteiger partial charge in [0.05, 0.1) is 11.9 Å². The molecule has 0 radical (unpaired) electrons. The molecule has 0 saturated carbocycles. The van der Waals surface area contributed by atoms with E-state index >= 15 is 0 Å². The van der Waals surface area contributed by atoms with Crippen LogP contribution in [0.1, 0.15) is 15.9 Å². The number of pyridine rings is 1. The van der Waals surface area contributed by atoms with Crippen LogP contribution < -0.4 is 0 Å². The molecule has 1 aliphatic rings. The molecule has 6 heteroatoms. The number of piperazine rings is 1. The molecular weight excluding hydrogens is 326 g/mol. The van der Waals surface area contributed by atoms with Gasteiger partial charge in [-0.05, 0) is 18.1 Å². The highest BCUT2D eigenvalue weighted by molar-refractivity contribution is 5.96. The maximum absolute atomic E-state index is 12.8. The zero-order valence-electron chi connectivity index (χ0n) is 15.0. The molecule has 3 heterocycles. The summed E-state index contributed by atoms with van der Waals surface area (Å²) < 4.78 is 1.86. The number of hydrogen-bond acceptors (Lipinski definition) is 4. The molecule has 3 aromatic rings. The summed E-state index contributed by atoms with van der Waals surface area (Å²) in [6.07, 6.45) is 4.43. The number of rotatable bonds is 4. The fraction of sp³-hybridized carbons (Fsp3) is 0.350. The van der Waals surface area contributed by atoms with Crippen molar-refractivity contribution in [2.75, 3.05) is 32.7 Å². The van der Waals surface area contributed by atoms with Crippen molar-refractivity contribution in [1.29, 1.82) is 0 Å². The van der Waals surface area contributed by atoms with Gasteiger partial charge in [0.25, 0.3) is 5.91 Å². The second-order valence-corrected chi connectivity index (χ2v) is 6.79. The van der Waals surface area contributed by atoms with E-state index in [0.29, 0.717) is 5.56 Å². The van der Waals surface area contributed by atoms with Crippen molar-refractivity contribution >= 4 is 17.1 Å². The predicted molar refractivity (Wildman–Crippen MR) is 101 cm³/mol.